The molecule has 2 amide bonds. The van der Waals surface area contributed by atoms with Crippen LogP contribution in [0.1, 0.15) is 25.3 Å². The van der Waals surface area contributed by atoms with Crippen LogP contribution < -0.4 is 16.4 Å². The number of carbonyl (C=O) groups excluding carboxylic acids is 2. The molecule has 0 saturated carbocycles. The maximum atomic E-state index is 11.5. The Bertz CT molecular complexity index is 483. The molecule has 4 N–H and O–H groups in total. The second-order valence-corrected chi connectivity index (χ2v) is 4.55. The third-order valence-electron chi connectivity index (χ3n) is 2.91. The molecule has 96 valence electrons. The van der Waals surface area contributed by atoms with Gasteiger partial charge in [-0.2, -0.15) is 0 Å². The molecule has 1 aromatic rings. The van der Waals surface area contributed by atoms with Crippen molar-refractivity contribution in [3.8, 4) is 0 Å². The van der Waals surface area contributed by atoms with Gasteiger partial charge in [-0.3, -0.25) is 9.59 Å². The SMILES string of the molecule is CC(N)C(=O)Nc1ccc2c(c1)CCCC(=O)N2. The van der Waals surface area contributed by atoms with Crippen molar-refractivity contribution in [1.29, 1.82) is 0 Å². The van der Waals surface area contributed by atoms with E-state index in [0.717, 1.165) is 24.1 Å². The average Bonchev–Trinajstić information content (AvgIpc) is 2.49. The molecule has 0 aromatic heterocycles. The summed E-state index contributed by atoms with van der Waals surface area (Å²) in [5.74, 6) is -0.172. The van der Waals surface area contributed by atoms with E-state index >= 15 is 0 Å². The Morgan fingerprint density at radius 3 is 2.94 bits per heavy atom. The Hall–Kier alpha value is -1.88. The third kappa shape index (κ3) is 2.87. The third-order valence-corrected chi connectivity index (χ3v) is 2.91. The van der Waals surface area contributed by atoms with Crippen molar-refractivity contribution in [2.24, 2.45) is 5.73 Å². The summed E-state index contributed by atoms with van der Waals surface area (Å²) in [5.41, 5.74) is 8.09. The van der Waals surface area contributed by atoms with Crippen LogP contribution in [0.2, 0.25) is 0 Å². The molecular weight excluding hydrogens is 230 g/mol. The zero-order valence-electron chi connectivity index (χ0n) is 10.3. The summed E-state index contributed by atoms with van der Waals surface area (Å²) < 4.78 is 0. The molecule has 1 aliphatic heterocycles. The number of hydrogen-bond donors (Lipinski definition) is 3. The Labute approximate surface area is 106 Å². The minimum atomic E-state index is -0.538. The van der Waals surface area contributed by atoms with Gasteiger partial charge in [0.2, 0.25) is 11.8 Å². The van der Waals surface area contributed by atoms with E-state index in [-0.39, 0.29) is 11.8 Å². The molecule has 5 nitrogen and oxygen atoms in total. The van der Waals surface area contributed by atoms with E-state index in [1.54, 1.807) is 13.0 Å². The molecule has 0 aliphatic carbocycles. The maximum absolute atomic E-state index is 11.5. The molecule has 0 bridgehead atoms. The Balaban J connectivity index is 2.19. The summed E-state index contributed by atoms with van der Waals surface area (Å²) >= 11 is 0. The number of nitrogens with two attached hydrogens (primary N) is 1. The van der Waals surface area contributed by atoms with Crippen LogP contribution in [0, 0.1) is 0 Å². The number of carbonyl (C=O) groups is 2. The lowest BCUT2D eigenvalue weighted by molar-refractivity contribution is -0.117. The van der Waals surface area contributed by atoms with Crippen LogP contribution in [0.3, 0.4) is 0 Å². The molecule has 1 aromatic carbocycles. The van der Waals surface area contributed by atoms with Gasteiger partial charge in [-0.15, -0.1) is 0 Å². The second kappa shape index (κ2) is 5.18. The van der Waals surface area contributed by atoms with Crippen LogP contribution >= 0.6 is 0 Å². The van der Waals surface area contributed by atoms with Gasteiger partial charge in [0.1, 0.15) is 0 Å². The minimum Gasteiger partial charge on any atom is -0.326 e. The van der Waals surface area contributed by atoms with Crippen molar-refractivity contribution in [3.05, 3.63) is 23.8 Å². The Kier molecular flexibility index (Phi) is 3.62. The predicted molar refractivity (Wildman–Crippen MR) is 70.3 cm³/mol. The molecule has 1 unspecified atom stereocenters. The van der Waals surface area contributed by atoms with Crippen LogP contribution in [-0.4, -0.2) is 17.9 Å². The summed E-state index contributed by atoms with van der Waals surface area (Å²) in [5, 5.41) is 5.60. The first-order chi connectivity index (χ1) is 8.56. The van der Waals surface area contributed by atoms with Crippen molar-refractivity contribution in [1.82, 2.24) is 0 Å². The van der Waals surface area contributed by atoms with E-state index in [0.29, 0.717) is 12.1 Å². The smallest absolute Gasteiger partial charge is 0.240 e. The summed E-state index contributed by atoms with van der Waals surface area (Å²) in [4.78, 5) is 22.9. The molecule has 1 aliphatic rings. The number of hydrogen-bond acceptors (Lipinski definition) is 3. The van der Waals surface area contributed by atoms with Gasteiger partial charge in [0, 0.05) is 17.8 Å². The zero-order chi connectivity index (χ0) is 13.1. The van der Waals surface area contributed by atoms with Crippen molar-refractivity contribution in [2.75, 3.05) is 10.6 Å². The molecule has 0 radical (unpaired) electrons. The topological polar surface area (TPSA) is 84.2 Å². The summed E-state index contributed by atoms with van der Waals surface area (Å²) in [6.45, 7) is 1.64. The molecule has 18 heavy (non-hydrogen) atoms. The molecule has 5 heteroatoms. The van der Waals surface area contributed by atoms with E-state index in [2.05, 4.69) is 10.6 Å². The van der Waals surface area contributed by atoms with E-state index < -0.39 is 6.04 Å². The molecule has 2 rings (SSSR count). The maximum Gasteiger partial charge on any atom is 0.240 e. The first-order valence-electron chi connectivity index (χ1n) is 6.05. The number of fused-ring (bicyclic) bond motifs is 1. The van der Waals surface area contributed by atoms with Gasteiger partial charge < -0.3 is 16.4 Å². The molecule has 0 spiro atoms. The predicted octanol–water partition coefficient (Wildman–Crippen LogP) is 1.25. The van der Waals surface area contributed by atoms with Crippen molar-refractivity contribution >= 4 is 23.2 Å². The zero-order valence-corrected chi connectivity index (χ0v) is 10.3. The monoisotopic (exact) mass is 247 g/mol. The van der Waals surface area contributed by atoms with Crippen LogP contribution in [0.5, 0.6) is 0 Å². The molecule has 1 atom stereocenters. The van der Waals surface area contributed by atoms with Crippen LogP contribution in [0.15, 0.2) is 18.2 Å². The second-order valence-electron chi connectivity index (χ2n) is 4.55. The Morgan fingerprint density at radius 1 is 1.44 bits per heavy atom. The Morgan fingerprint density at radius 2 is 2.22 bits per heavy atom. The first-order valence-corrected chi connectivity index (χ1v) is 6.05. The van der Waals surface area contributed by atoms with E-state index in [9.17, 15) is 9.59 Å². The van der Waals surface area contributed by atoms with Gasteiger partial charge in [0.15, 0.2) is 0 Å². The van der Waals surface area contributed by atoms with Gasteiger partial charge in [-0.25, -0.2) is 0 Å². The summed E-state index contributed by atoms with van der Waals surface area (Å²) in [7, 11) is 0. The van der Waals surface area contributed by atoms with Crippen LogP contribution in [-0.2, 0) is 16.0 Å². The molecular formula is C13H17N3O2. The van der Waals surface area contributed by atoms with Gasteiger partial charge >= 0.3 is 0 Å². The highest BCUT2D eigenvalue weighted by Gasteiger charge is 2.14. The van der Waals surface area contributed by atoms with E-state index in [4.69, 9.17) is 5.73 Å². The molecule has 0 fully saturated rings. The quantitative estimate of drug-likeness (QED) is 0.735. The minimum absolute atomic E-state index is 0.0427. The average molecular weight is 247 g/mol. The van der Waals surface area contributed by atoms with Crippen LogP contribution in [0.4, 0.5) is 11.4 Å². The normalized spacial score (nSPS) is 16.2. The standard InChI is InChI=1S/C13H17N3O2/c1-8(14)13(18)15-10-5-6-11-9(7-10)3-2-4-12(17)16-11/h5-8H,2-4,14H2,1H3,(H,15,18)(H,16,17). The molecule has 0 saturated heterocycles. The number of aryl methyl sites for hydroxylation is 1. The fourth-order valence-electron chi connectivity index (χ4n) is 1.91. The highest BCUT2D eigenvalue weighted by Crippen LogP contribution is 2.25. The number of benzene rings is 1. The number of nitrogens with one attached hydrogen (secondary N) is 2. The van der Waals surface area contributed by atoms with Crippen molar-refractivity contribution in [3.63, 3.8) is 0 Å². The first kappa shape index (κ1) is 12.6. The lowest BCUT2D eigenvalue weighted by Crippen LogP contribution is -2.32. The van der Waals surface area contributed by atoms with Crippen molar-refractivity contribution in [2.45, 2.75) is 32.2 Å². The van der Waals surface area contributed by atoms with Gasteiger partial charge in [0.25, 0.3) is 0 Å². The number of rotatable bonds is 2. The van der Waals surface area contributed by atoms with E-state index in [1.807, 2.05) is 12.1 Å². The van der Waals surface area contributed by atoms with Gasteiger partial charge in [-0.1, -0.05) is 0 Å². The lowest BCUT2D eigenvalue weighted by atomic mass is 10.1. The highest BCUT2D eigenvalue weighted by molar-refractivity contribution is 5.96. The van der Waals surface area contributed by atoms with E-state index in [1.165, 1.54) is 0 Å². The fourth-order valence-corrected chi connectivity index (χ4v) is 1.91. The largest absolute Gasteiger partial charge is 0.326 e. The van der Waals surface area contributed by atoms with Crippen molar-refractivity contribution < 1.29 is 9.59 Å². The van der Waals surface area contributed by atoms with Gasteiger partial charge in [-0.05, 0) is 43.5 Å². The fraction of sp³-hybridized carbons (Fsp3) is 0.385. The molecule has 1 heterocycles. The summed E-state index contributed by atoms with van der Waals surface area (Å²) in [6.07, 6.45) is 2.19. The lowest BCUT2D eigenvalue weighted by Gasteiger charge is -2.11. The summed E-state index contributed by atoms with van der Waals surface area (Å²) in [6, 6.07) is 4.94. The van der Waals surface area contributed by atoms with Crippen LogP contribution in [0.25, 0.3) is 0 Å². The number of anilines is 2. The number of amides is 2. The highest BCUT2D eigenvalue weighted by atomic mass is 16.2. The van der Waals surface area contributed by atoms with Gasteiger partial charge in [0.05, 0.1) is 6.04 Å².